The van der Waals surface area contributed by atoms with Crippen LogP contribution in [0.25, 0.3) is 0 Å². The normalized spacial score (nSPS) is 12.0. The monoisotopic (exact) mass is 237 g/mol. The number of nitriles is 1. The SMILES string of the molecule is N#CCCCC(Br)c1ccccc1. The summed E-state index contributed by atoms with van der Waals surface area (Å²) in [6.45, 7) is 0. The van der Waals surface area contributed by atoms with Crippen molar-refractivity contribution in [3.63, 3.8) is 0 Å². The predicted octanol–water partition coefficient (Wildman–Crippen LogP) is 3.82. The zero-order valence-corrected chi connectivity index (χ0v) is 9.00. The molecule has 0 saturated heterocycles. The fraction of sp³-hybridized carbons (Fsp3) is 0.364. The minimum Gasteiger partial charge on any atom is -0.198 e. The Morgan fingerprint density at radius 2 is 2.00 bits per heavy atom. The lowest BCUT2D eigenvalue weighted by atomic mass is 10.1. The predicted molar refractivity (Wildman–Crippen MR) is 57.6 cm³/mol. The number of benzene rings is 1. The first-order valence-electron chi connectivity index (χ1n) is 4.40. The van der Waals surface area contributed by atoms with Gasteiger partial charge in [-0.3, -0.25) is 0 Å². The van der Waals surface area contributed by atoms with Gasteiger partial charge in [0.05, 0.1) is 6.07 Å². The second-order valence-electron chi connectivity index (χ2n) is 2.93. The van der Waals surface area contributed by atoms with Crippen molar-refractivity contribution < 1.29 is 0 Å². The molecule has 0 aliphatic heterocycles. The Morgan fingerprint density at radius 1 is 1.31 bits per heavy atom. The molecule has 1 unspecified atom stereocenters. The molecule has 1 aromatic carbocycles. The van der Waals surface area contributed by atoms with Gasteiger partial charge in [-0.15, -0.1) is 0 Å². The van der Waals surface area contributed by atoms with Gasteiger partial charge in [0.25, 0.3) is 0 Å². The van der Waals surface area contributed by atoms with Gasteiger partial charge in [0.1, 0.15) is 0 Å². The van der Waals surface area contributed by atoms with Crippen LogP contribution < -0.4 is 0 Å². The van der Waals surface area contributed by atoms with Crippen LogP contribution in [0.15, 0.2) is 30.3 Å². The zero-order valence-electron chi connectivity index (χ0n) is 7.41. The molecule has 0 heterocycles. The summed E-state index contributed by atoms with van der Waals surface area (Å²) >= 11 is 3.61. The molecule has 0 amide bonds. The molecule has 0 aliphatic carbocycles. The number of hydrogen-bond donors (Lipinski definition) is 0. The summed E-state index contributed by atoms with van der Waals surface area (Å²) in [5, 5.41) is 8.38. The van der Waals surface area contributed by atoms with E-state index in [0.717, 1.165) is 12.8 Å². The lowest BCUT2D eigenvalue weighted by Crippen LogP contribution is -1.88. The van der Waals surface area contributed by atoms with E-state index in [4.69, 9.17) is 5.26 Å². The minimum atomic E-state index is 0.391. The van der Waals surface area contributed by atoms with Gasteiger partial charge < -0.3 is 0 Å². The standard InChI is InChI=1S/C11H12BrN/c12-11(8-4-5-9-13)10-6-2-1-3-7-10/h1-3,6-7,11H,4-5,8H2. The smallest absolute Gasteiger partial charge is 0.0621 e. The van der Waals surface area contributed by atoms with Crippen molar-refractivity contribution >= 4 is 15.9 Å². The molecule has 0 N–H and O–H groups in total. The van der Waals surface area contributed by atoms with Crippen LogP contribution in [0.1, 0.15) is 29.7 Å². The summed E-state index contributed by atoms with van der Waals surface area (Å²) < 4.78 is 0. The maximum Gasteiger partial charge on any atom is 0.0621 e. The molecule has 68 valence electrons. The van der Waals surface area contributed by atoms with E-state index in [0.29, 0.717) is 11.2 Å². The van der Waals surface area contributed by atoms with E-state index in [1.54, 1.807) is 0 Å². The van der Waals surface area contributed by atoms with Gasteiger partial charge >= 0.3 is 0 Å². The van der Waals surface area contributed by atoms with E-state index in [2.05, 4.69) is 34.1 Å². The van der Waals surface area contributed by atoms with Crippen molar-refractivity contribution in [2.45, 2.75) is 24.1 Å². The summed E-state index contributed by atoms with van der Waals surface area (Å²) in [6.07, 6.45) is 2.63. The van der Waals surface area contributed by atoms with Gasteiger partial charge in [0.2, 0.25) is 0 Å². The molecule has 2 heteroatoms. The molecule has 1 atom stereocenters. The summed E-state index contributed by atoms with van der Waals surface area (Å²) in [6, 6.07) is 12.4. The van der Waals surface area contributed by atoms with Crippen LogP contribution in [0.3, 0.4) is 0 Å². The molecular weight excluding hydrogens is 226 g/mol. The van der Waals surface area contributed by atoms with E-state index >= 15 is 0 Å². The highest BCUT2D eigenvalue weighted by molar-refractivity contribution is 9.09. The Balaban J connectivity index is 2.41. The quantitative estimate of drug-likeness (QED) is 0.577. The third kappa shape index (κ3) is 3.61. The molecule has 1 aromatic rings. The molecule has 1 rings (SSSR count). The number of halogens is 1. The first kappa shape index (κ1) is 10.3. The molecular formula is C11H12BrN. The third-order valence-corrected chi connectivity index (χ3v) is 2.89. The molecule has 0 spiro atoms. The first-order valence-corrected chi connectivity index (χ1v) is 5.32. The number of unbranched alkanes of at least 4 members (excludes halogenated alkanes) is 1. The molecule has 13 heavy (non-hydrogen) atoms. The minimum absolute atomic E-state index is 0.391. The van der Waals surface area contributed by atoms with E-state index < -0.39 is 0 Å². The van der Waals surface area contributed by atoms with Crippen LogP contribution in [-0.2, 0) is 0 Å². The van der Waals surface area contributed by atoms with Crippen molar-refractivity contribution in [1.29, 1.82) is 5.26 Å². The lowest BCUT2D eigenvalue weighted by Gasteiger charge is -2.07. The van der Waals surface area contributed by atoms with Crippen molar-refractivity contribution in [2.75, 3.05) is 0 Å². The van der Waals surface area contributed by atoms with Crippen LogP contribution in [0, 0.1) is 11.3 Å². The summed E-state index contributed by atoms with van der Waals surface area (Å²) in [5.41, 5.74) is 1.29. The number of rotatable bonds is 4. The summed E-state index contributed by atoms with van der Waals surface area (Å²) in [4.78, 5) is 0.391. The van der Waals surface area contributed by atoms with Gasteiger partial charge in [-0.1, -0.05) is 46.3 Å². The maximum absolute atomic E-state index is 8.38. The van der Waals surface area contributed by atoms with Gasteiger partial charge in [0, 0.05) is 11.2 Å². The van der Waals surface area contributed by atoms with Gasteiger partial charge in [-0.25, -0.2) is 0 Å². The Hall–Kier alpha value is -0.810. The molecule has 0 bridgehead atoms. The van der Waals surface area contributed by atoms with Crippen molar-refractivity contribution in [1.82, 2.24) is 0 Å². The summed E-state index contributed by atoms with van der Waals surface area (Å²) in [5.74, 6) is 0. The Morgan fingerprint density at radius 3 is 2.62 bits per heavy atom. The van der Waals surface area contributed by atoms with Crippen LogP contribution in [0.5, 0.6) is 0 Å². The fourth-order valence-corrected chi connectivity index (χ4v) is 1.82. The largest absolute Gasteiger partial charge is 0.198 e. The number of nitrogens with zero attached hydrogens (tertiary/aromatic N) is 1. The maximum atomic E-state index is 8.38. The van der Waals surface area contributed by atoms with Crippen molar-refractivity contribution in [2.24, 2.45) is 0 Å². The highest BCUT2D eigenvalue weighted by Gasteiger charge is 2.05. The number of hydrogen-bond acceptors (Lipinski definition) is 1. The molecule has 0 radical (unpaired) electrons. The van der Waals surface area contributed by atoms with Crippen LogP contribution in [-0.4, -0.2) is 0 Å². The van der Waals surface area contributed by atoms with Gasteiger partial charge in [-0.05, 0) is 18.4 Å². The van der Waals surface area contributed by atoms with Crippen molar-refractivity contribution in [3.8, 4) is 6.07 Å². The molecule has 0 aliphatic rings. The van der Waals surface area contributed by atoms with E-state index in [9.17, 15) is 0 Å². The number of alkyl halides is 1. The van der Waals surface area contributed by atoms with Gasteiger partial charge in [0.15, 0.2) is 0 Å². The average Bonchev–Trinajstić information content (AvgIpc) is 2.19. The Labute approximate surface area is 87.5 Å². The van der Waals surface area contributed by atoms with Gasteiger partial charge in [-0.2, -0.15) is 5.26 Å². The third-order valence-electron chi connectivity index (χ3n) is 1.91. The highest BCUT2D eigenvalue weighted by Crippen LogP contribution is 2.27. The highest BCUT2D eigenvalue weighted by atomic mass is 79.9. The topological polar surface area (TPSA) is 23.8 Å². The van der Waals surface area contributed by atoms with Crippen molar-refractivity contribution in [3.05, 3.63) is 35.9 Å². The Bertz CT molecular complexity index is 276. The van der Waals surface area contributed by atoms with Crippen LogP contribution in [0.4, 0.5) is 0 Å². The Kier molecular flexibility index (Phi) is 4.56. The second-order valence-corrected chi connectivity index (χ2v) is 4.03. The van der Waals surface area contributed by atoms with E-state index in [1.807, 2.05) is 18.2 Å². The van der Waals surface area contributed by atoms with Crippen LogP contribution >= 0.6 is 15.9 Å². The molecule has 0 saturated carbocycles. The first-order chi connectivity index (χ1) is 6.34. The lowest BCUT2D eigenvalue weighted by molar-refractivity contribution is 0.747. The van der Waals surface area contributed by atoms with E-state index in [1.165, 1.54) is 5.56 Å². The second kappa shape index (κ2) is 5.77. The fourth-order valence-electron chi connectivity index (χ4n) is 1.19. The van der Waals surface area contributed by atoms with E-state index in [-0.39, 0.29) is 0 Å². The molecule has 1 nitrogen and oxygen atoms in total. The molecule has 0 aromatic heterocycles. The summed E-state index contributed by atoms with van der Waals surface area (Å²) in [7, 11) is 0. The van der Waals surface area contributed by atoms with Crippen LogP contribution in [0.2, 0.25) is 0 Å². The molecule has 0 fully saturated rings. The average molecular weight is 238 g/mol. The zero-order chi connectivity index (χ0) is 9.52.